The molecule has 0 radical (unpaired) electrons. The van der Waals surface area contributed by atoms with Crippen molar-refractivity contribution in [2.45, 2.75) is 12.3 Å². The van der Waals surface area contributed by atoms with Crippen LogP contribution in [-0.2, 0) is 5.41 Å². The monoisotopic (exact) mass is 671 g/mol. The second-order valence-electron chi connectivity index (χ2n) is 12.8. The minimum absolute atomic E-state index is 0.518. The van der Waals surface area contributed by atoms with Crippen LogP contribution in [0.2, 0.25) is 0 Å². The molecule has 51 heavy (non-hydrogen) atoms. The van der Waals surface area contributed by atoms with Crippen LogP contribution in [0.5, 0.6) is 0 Å². The average Bonchev–Trinajstić information content (AvgIpc) is 3.70. The van der Waals surface area contributed by atoms with Crippen molar-refractivity contribution in [1.82, 2.24) is 15.0 Å². The van der Waals surface area contributed by atoms with E-state index in [-0.39, 0.29) is 0 Å². The molecule has 0 spiro atoms. The van der Waals surface area contributed by atoms with Crippen LogP contribution in [0.3, 0.4) is 0 Å². The molecule has 8 aromatic rings. The van der Waals surface area contributed by atoms with Crippen molar-refractivity contribution in [3.05, 3.63) is 204 Å². The molecular formula is C47H33N3S. The molecule has 0 amide bonds. The third-order valence-corrected chi connectivity index (χ3v) is 11.3. The van der Waals surface area contributed by atoms with Crippen molar-refractivity contribution < 1.29 is 0 Å². The first-order valence-corrected chi connectivity index (χ1v) is 18.0. The number of hydrogen-bond donors (Lipinski definition) is 0. The third-order valence-electron chi connectivity index (χ3n) is 10.1. The summed E-state index contributed by atoms with van der Waals surface area (Å²) in [6.07, 6.45) is 6.06. The first-order chi connectivity index (χ1) is 25.2. The molecule has 4 heteroatoms. The molecule has 242 valence electrons. The van der Waals surface area contributed by atoms with Gasteiger partial charge in [0.15, 0.2) is 17.5 Å². The zero-order valence-corrected chi connectivity index (χ0v) is 28.9. The fourth-order valence-electron chi connectivity index (χ4n) is 7.77. The van der Waals surface area contributed by atoms with Gasteiger partial charge in [-0.15, -0.1) is 11.3 Å². The van der Waals surface area contributed by atoms with Crippen molar-refractivity contribution in [2.24, 2.45) is 0 Å². The maximum Gasteiger partial charge on any atom is 0.165 e. The molecule has 0 saturated heterocycles. The molecule has 9 rings (SSSR count). The molecule has 0 bridgehead atoms. The molecule has 0 atom stereocenters. The number of benzene rings is 6. The maximum atomic E-state index is 5.27. The average molecular weight is 672 g/mol. The van der Waals surface area contributed by atoms with Gasteiger partial charge in [0.25, 0.3) is 0 Å². The Kier molecular flexibility index (Phi) is 7.60. The quantitative estimate of drug-likeness (QED) is 0.158. The lowest BCUT2D eigenvalue weighted by atomic mass is 9.67. The molecule has 2 aromatic heterocycles. The molecular weight excluding hydrogens is 639 g/mol. The SMILES string of the molecule is C=C/C=C\C1=C(C)C(c2ccccc2)(c2ccccc2)c2cc(-c3nc(-c4ccccc4)nc(-c4cccc5c4sc4ccccc45)n3)ccc21. The molecule has 2 heterocycles. The topological polar surface area (TPSA) is 38.7 Å². The first kappa shape index (κ1) is 30.8. The van der Waals surface area contributed by atoms with Gasteiger partial charge in [0.1, 0.15) is 0 Å². The van der Waals surface area contributed by atoms with Crippen molar-refractivity contribution in [3.63, 3.8) is 0 Å². The standard InChI is InChI=1S/C47H33N3S/c1-3-4-23-36-31(2)47(34-19-10-6-11-20-34,35-21-12-7-13-22-35)41-30-33(28-29-37(36)41)45-48-44(32-17-8-5-9-18-32)49-46(50-45)40-26-16-25-39-38-24-14-15-27-42(38)51-43(39)40/h3-30H,1H2,2H3/b23-4-. The van der Waals surface area contributed by atoms with Crippen molar-refractivity contribution in [2.75, 3.05) is 0 Å². The number of thiophene rings is 1. The molecule has 6 aromatic carbocycles. The summed E-state index contributed by atoms with van der Waals surface area (Å²) in [6, 6.07) is 53.6. The van der Waals surface area contributed by atoms with Crippen LogP contribution in [0.4, 0.5) is 0 Å². The van der Waals surface area contributed by atoms with Crippen molar-refractivity contribution in [3.8, 4) is 34.2 Å². The van der Waals surface area contributed by atoms with Crippen LogP contribution in [0.15, 0.2) is 182 Å². The highest BCUT2D eigenvalue weighted by Gasteiger charge is 2.45. The van der Waals surface area contributed by atoms with Gasteiger partial charge < -0.3 is 0 Å². The Bertz CT molecular complexity index is 2610. The zero-order chi connectivity index (χ0) is 34.4. The Labute approximate surface area is 301 Å². The van der Waals surface area contributed by atoms with Crippen molar-refractivity contribution in [1.29, 1.82) is 0 Å². The first-order valence-electron chi connectivity index (χ1n) is 17.2. The predicted octanol–water partition coefficient (Wildman–Crippen LogP) is 12.1. The van der Waals surface area contributed by atoms with Crippen LogP contribution >= 0.6 is 11.3 Å². The summed E-state index contributed by atoms with van der Waals surface area (Å²) in [5.41, 5.74) is 9.66. The fraction of sp³-hybridized carbons (Fsp3) is 0.0426. The zero-order valence-electron chi connectivity index (χ0n) is 28.1. The normalized spacial score (nSPS) is 13.7. The highest BCUT2D eigenvalue weighted by molar-refractivity contribution is 7.26. The Morgan fingerprint density at radius 1 is 0.569 bits per heavy atom. The number of hydrogen-bond acceptors (Lipinski definition) is 4. The van der Waals surface area contributed by atoms with E-state index in [0.717, 1.165) is 16.7 Å². The molecule has 0 unspecified atom stereocenters. The van der Waals surface area contributed by atoms with E-state index in [0.29, 0.717) is 17.5 Å². The van der Waals surface area contributed by atoms with E-state index in [1.165, 1.54) is 53.6 Å². The summed E-state index contributed by atoms with van der Waals surface area (Å²) >= 11 is 1.79. The van der Waals surface area contributed by atoms with Gasteiger partial charge in [-0.2, -0.15) is 0 Å². The van der Waals surface area contributed by atoms with Gasteiger partial charge in [-0.05, 0) is 58.5 Å². The van der Waals surface area contributed by atoms with Gasteiger partial charge in [0.2, 0.25) is 0 Å². The summed E-state index contributed by atoms with van der Waals surface area (Å²) in [5, 5.41) is 2.46. The highest BCUT2D eigenvalue weighted by Crippen LogP contribution is 2.55. The molecule has 1 aliphatic rings. The maximum absolute atomic E-state index is 5.27. The van der Waals surface area contributed by atoms with Crippen LogP contribution in [-0.4, -0.2) is 15.0 Å². The number of nitrogens with zero attached hydrogens (tertiary/aromatic N) is 3. The Hall–Kier alpha value is -6.23. The predicted molar refractivity (Wildman–Crippen MR) is 214 cm³/mol. The lowest BCUT2D eigenvalue weighted by Crippen LogP contribution is -2.29. The van der Waals surface area contributed by atoms with Crippen LogP contribution in [0.1, 0.15) is 29.2 Å². The molecule has 0 saturated carbocycles. The summed E-state index contributed by atoms with van der Waals surface area (Å²) in [7, 11) is 0. The number of allylic oxidation sites excluding steroid dienone is 5. The lowest BCUT2D eigenvalue weighted by molar-refractivity contribution is 0.743. The summed E-state index contributed by atoms with van der Waals surface area (Å²) in [4.78, 5) is 15.6. The number of fused-ring (bicyclic) bond motifs is 4. The lowest BCUT2D eigenvalue weighted by Gasteiger charge is -2.34. The van der Waals surface area contributed by atoms with Crippen LogP contribution in [0, 0.1) is 0 Å². The van der Waals surface area contributed by atoms with Gasteiger partial charge in [-0.3, -0.25) is 0 Å². The Morgan fingerprint density at radius 2 is 1.18 bits per heavy atom. The van der Waals surface area contributed by atoms with Crippen LogP contribution in [0.25, 0.3) is 59.9 Å². The molecule has 0 N–H and O–H groups in total. The smallest absolute Gasteiger partial charge is 0.165 e. The Balaban J connectivity index is 1.31. The van der Waals surface area contributed by atoms with E-state index in [1.807, 2.05) is 30.4 Å². The van der Waals surface area contributed by atoms with E-state index in [2.05, 4.69) is 153 Å². The van der Waals surface area contributed by atoms with E-state index in [1.54, 1.807) is 11.3 Å². The third kappa shape index (κ3) is 4.99. The second kappa shape index (κ2) is 12.6. The minimum Gasteiger partial charge on any atom is -0.208 e. The summed E-state index contributed by atoms with van der Waals surface area (Å²) < 4.78 is 2.42. The number of aromatic nitrogens is 3. The summed E-state index contributed by atoms with van der Waals surface area (Å²) in [5.74, 6) is 1.95. The fourth-order valence-corrected chi connectivity index (χ4v) is 8.98. The molecule has 3 nitrogen and oxygen atoms in total. The second-order valence-corrected chi connectivity index (χ2v) is 13.9. The van der Waals surface area contributed by atoms with Gasteiger partial charge in [0, 0.05) is 36.9 Å². The van der Waals surface area contributed by atoms with Crippen molar-refractivity contribution >= 4 is 37.1 Å². The van der Waals surface area contributed by atoms with Gasteiger partial charge in [0.05, 0.1) is 5.41 Å². The molecule has 0 aliphatic heterocycles. The number of rotatable bonds is 7. The summed E-state index contributed by atoms with van der Waals surface area (Å²) in [6.45, 7) is 6.24. The largest absolute Gasteiger partial charge is 0.208 e. The van der Waals surface area contributed by atoms with Crippen LogP contribution < -0.4 is 0 Å². The van der Waals surface area contributed by atoms with Gasteiger partial charge in [-0.1, -0.05) is 158 Å². The van der Waals surface area contributed by atoms with E-state index >= 15 is 0 Å². The molecule has 0 fully saturated rings. The van der Waals surface area contributed by atoms with Gasteiger partial charge >= 0.3 is 0 Å². The minimum atomic E-state index is -0.518. The van der Waals surface area contributed by atoms with E-state index in [9.17, 15) is 0 Å². The van der Waals surface area contributed by atoms with Gasteiger partial charge in [-0.25, -0.2) is 15.0 Å². The molecule has 1 aliphatic carbocycles. The van der Waals surface area contributed by atoms with E-state index < -0.39 is 5.41 Å². The Morgan fingerprint density at radius 3 is 1.88 bits per heavy atom. The van der Waals surface area contributed by atoms with E-state index in [4.69, 9.17) is 15.0 Å². The highest BCUT2D eigenvalue weighted by atomic mass is 32.1.